The molecule has 1 amide bonds. The first-order valence-electron chi connectivity index (χ1n) is 6.56. The fraction of sp³-hybridized carbons (Fsp3) is 0.267. The molecule has 0 unspecified atom stereocenters. The summed E-state index contributed by atoms with van der Waals surface area (Å²) in [5, 5.41) is 9.18. The Labute approximate surface area is 120 Å². The van der Waals surface area contributed by atoms with Gasteiger partial charge in [0.05, 0.1) is 6.10 Å². The van der Waals surface area contributed by atoms with E-state index in [1.165, 1.54) is 29.2 Å². The first kappa shape index (κ1) is 13.6. The molecule has 1 aliphatic rings. The molecule has 1 aromatic heterocycles. The van der Waals surface area contributed by atoms with E-state index >= 15 is 0 Å². The van der Waals surface area contributed by atoms with Crippen molar-refractivity contribution < 1.29 is 23.4 Å². The van der Waals surface area contributed by atoms with Gasteiger partial charge in [-0.2, -0.15) is 0 Å². The number of β-amino-alcohol motifs (C(OH)–C–C–N with tert-alkyl or cyclic N) is 1. The highest BCUT2D eigenvalue weighted by Crippen LogP contribution is 2.18. The number of amides is 1. The summed E-state index contributed by atoms with van der Waals surface area (Å²) in [5.41, 5.74) is 0. The molecule has 1 saturated heterocycles. The Kier molecular flexibility index (Phi) is 3.62. The minimum absolute atomic E-state index is 0.154. The Morgan fingerprint density at radius 2 is 2.00 bits per heavy atom. The standard InChI is InChI=1S/C15H14FNO4/c16-10-1-3-12(4-2-10)20-9-13-5-6-14(21-13)15(19)17-7-11(18)8-17/h1-6,11,18H,7-9H2. The van der Waals surface area contributed by atoms with Crippen LogP contribution in [0.5, 0.6) is 5.75 Å². The zero-order valence-electron chi connectivity index (χ0n) is 11.2. The molecule has 0 radical (unpaired) electrons. The number of furan rings is 1. The highest BCUT2D eigenvalue weighted by Gasteiger charge is 2.31. The molecule has 21 heavy (non-hydrogen) atoms. The fourth-order valence-electron chi connectivity index (χ4n) is 2.03. The lowest BCUT2D eigenvalue weighted by atomic mass is 10.1. The Morgan fingerprint density at radius 3 is 2.67 bits per heavy atom. The van der Waals surface area contributed by atoms with E-state index in [0.717, 1.165) is 0 Å². The molecule has 0 saturated carbocycles. The van der Waals surface area contributed by atoms with Gasteiger partial charge < -0.3 is 19.2 Å². The quantitative estimate of drug-likeness (QED) is 0.933. The molecule has 1 aliphatic heterocycles. The Bertz CT molecular complexity index is 631. The molecule has 5 nitrogen and oxygen atoms in total. The molecule has 3 rings (SSSR count). The summed E-state index contributed by atoms with van der Waals surface area (Å²) < 4.78 is 23.6. The van der Waals surface area contributed by atoms with E-state index < -0.39 is 6.10 Å². The lowest BCUT2D eigenvalue weighted by molar-refractivity contribution is 0.00375. The third-order valence-corrected chi connectivity index (χ3v) is 3.22. The number of rotatable bonds is 4. The van der Waals surface area contributed by atoms with Gasteiger partial charge in [0, 0.05) is 13.1 Å². The average Bonchev–Trinajstić information content (AvgIpc) is 2.91. The van der Waals surface area contributed by atoms with Gasteiger partial charge in [0.1, 0.15) is 23.9 Å². The number of aliphatic hydroxyl groups excluding tert-OH is 1. The molecular formula is C15H14FNO4. The molecule has 2 heterocycles. The van der Waals surface area contributed by atoms with Crippen molar-refractivity contribution in [2.24, 2.45) is 0 Å². The second-order valence-electron chi connectivity index (χ2n) is 4.87. The van der Waals surface area contributed by atoms with Crippen molar-refractivity contribution in [3.63, 3.8) is 0 Å². The predicted octanol–water partition coefficient (Wildman–Crippen LogP) is 1.81. The van der Waals surface area contributed by atoms with Crippen LogP contribution in [0.25, 0.3) is 0 Å². The zero-order valence-corrected chi connectivity index (χ0v) is 11.2. The van der Waals surface area contributed by atoms with Crippen molar-refractivity contribution >= 4 is 5.91 Å². The summed E-state index contributed by atoms with van der Waals surface area (Å²) >= 11 is 0. The zero-order chi connectivity index (χ0) is 14.8. The lowest BCUT2D eigenvalue weighted by Crippen LogP contribution is -2.53. The molecule has 110 valence electrons. The number of hydrogen-bond acceptors (Lipinski definition) is 4. The molecule has 0 spiro atoms. The fourth-order valence-corrected chi connectivity index (χ4v) is 2.03. The van der Waals surface area contributed by atoms with Gasteiger partial charge >= 0.3 is 0 Å². The van der Waals surface area contributed by atoms with Gasteiger partial charge in [-0.15, -0.1) is 0 Å². The number of hydrogen-bond donors (Lipinski definition) is 1. The minimum atomic E-state index is -0.440. The number of aliphatic hydroxyl groups is 1. The summed E-state index contributed by atoms with van der Waals surface area (Å²) in [6.07, 6.45) is -0.440. The van der Waals surface area contributed by atoms with Gasteiger partial charge in [-0.25, -0.2) is 4.39 Å². The van der Waals surface area contributed by atoms with E-state index in [1.807, 2.05) is 0 Å². The third-order valence-electron chi connectivity index (χ3n) is 3.22. The first-order valence-corrected chi connectivity index (χ1v) is 6.56. The van der Waals surface area contributed by atoms with Crippen molar-refractivity contribution in [2.45, 2.75) is 12.7 Å². The molecule has 0 atom stereocenters. The average molecular weight is 291 g/mol. The predicted molar refractivity (Wildman–Crippen MR) is 71.4 cm³/mol. The van der Waals surface area contributed by atoms with Crippen LogP contribution in [0.3, 0.4) is 0 Å². The van der Waals surface area contributed by atoms with Gasteiger partial charge in [0.15, 0.2) is 5.76 Å². The number of nitrogens with zero attached hydrogens (tertiary/aromatic N) is 1. The van der Waals surface area contributed by atoms with Crippen LogP contribution in [0.4, 0.5) is 4.39 Å². The highest BCUT2D eigenvalue weighted by molar-refractivity contribution is 5.92. The summed E-state index contributed by atoms with van der Waals surface area (Å²) in [5.74, 6) is 0.674. The number of carbonyl (C=O) groups is 1. The molecule has 1 N–H and O–H groups in total. The van der Waals surface area contributed by atoms with Crippen molar-refractivity contribution in [3.05, 3.63) is 53.7 Å². The van der Waals surface area contributed by atoms with Gasteiger partial charge in [-0.3, -0.25) is 4.79 Å². The van der Waals surface area contributed by atoms with E-state index in [1.54, 1.807) is 12.1 Å². The van der Waals surface area contributed by atoms with Crippen LogP contribution in [-0.2, 0) is 6.61 Å². The maximum Gasteiger partial charge on any atom is 0.289 e. The van der Waals surface area contributed by atoms with Gasteiger partial charge in [-0.05, 0) is 36.4 Å². The summed E-state index contributed by atoms with van der Waals surface area (Å²) in [6, 6.07) is 8.89. The van der Waals surface area contributed by atoms with Crippen LogP contribution in [0.15, 0.2) is 40.8 Å². The molecule has 1 fully saturated rings. The van der Waals surface area contributed by atoms with Gasteiger partial charge in [0.25, 0.3) is 5.91 Å². The van der Waals surface area contributed by atoms with Crippen LogP contribution in [0.2, 0.25) is 0 Å². The Hall–Kier alpha value is -2.34. The normalized spacial score (nSPS) is 14.9. The van der Waals surface area contributed by atoms with Crippen LogP contribution in [0.1, 0.15) is 16.3 Å². The number of ether oxygens (including phenoxy) is 1. The molecule has 6 heteroatoms. The SMILES string of the molecule is O=C(c1ccc(COc2ccc(F)cc2)o1)N1CC(O)C1. The maximum absolute atomic E-state index is 12.8. The third kappa shape index (κ3) is 3.05. The van der Waals surface area contributed by atoms with Crippen molar-refractivity contribution in [1.82, 2.24) is 4.90 Å². The number of halogens is 1. The minimum Gasteiger partial charge on any atom is -0.486 e. The number of carbonyl (C=O) groups excluding carboxylic acids is 1. The molecule has 0 bridgehead atoms. The summed E-state index contributed by atoms with van der Waals surface area (Å²) in [4.78, 5) is 13.4. The lowest BCUT2D eigenvalue weighted by Gasteiger charge is -2.35. The Morgan fingerprint density at radius 1 is 1.29 bits per heavy atom. The summed E-state index contributed by atoms with van der Waals surface area (Å²) in [7, 11) is 0. The monoisotopic (exact) mass is 291 g/mol. The van der Waals surface area contributed by atoms with Crippen LogP contribution in [-0.4, -0.2) is 35.1 Å². The van der Waals surface area contributed by atoms with Gasteiger partial charge in [-0.1, -0.05) is 0 Å². The van der Waals surface area contributed by atoms with Crippen LogP contribution < -0.4 is 4.74 Å². The largest absolute Gasteiger partial charge is 0.486 e. The number of likely N-dealkylation sites (tertiary alicyclic amines) is 1. The highest BCUT2D eigenvalue weighted by atomic mass is 19.1. The first-order chi connectivity index (χ1) is 10.1. The van der Waals surface area contributed by atoms with Crippen molar-refractivity contribution in [3.8, 4) is 5.75 Å². The summed E-state index contributed by atoms with van der Waals surface area (Å²) in [6.45, 7) is 0.823. The van der Waals surface area contributed by atoms with Crippen LogP contribution >= 0.6 is 0 Å². The molecule has 1 aromatic carbocycles. The van der Waals surface area contributed by atoms with E-state index in [-0.39, 0.29) is 24.1 Å². The Balaban J connectivity index is 1.57. The molecule has 0 aliphatic carbocycles. The van der Waals surface area contributed by atoms with E-state index in [4.69, 9.17) is 9.15 Å². The smallest absolute Gasteiger partial charge is 0.289 e. The second kappa shape index (κ2) is 5.57. The molecule has 2 aromatic rings. The topological polar surface area (TPSA) is 62.9 Å². The second-order valence-corrected chi connectivity index (χ2v) is 4.87. The van der Waals surface area contributed by atoms with E-state index in [2.05, 4.69) is 0 Å². The van der Waals surface area contributed by atoms with Crippen molar-refractivity contribution in [2.75, 3.05) is 13.1 Å². The van der Waals surface area contributed by atoms with Gasteiger partial charge in [0.2, 0.25) is 0 Å². The number of benzene rings is 1. The van der Waals surface area contributed by atoms with Crippen LogP contribution in [0, 0.1) is 5.82 Å². The van der Waals surface area contributed by atoms with E-state index in [0.29, 0.717) is 24.6 Å². The maximum atomic E-state index is 12.8. The molecular weight excluding hydrogens is 277 g/mol. The van der Waals surface area contributed by atoms with E-state index in [9.17, 15) is 14.3 Å². The van der Waals surface area contributed by atoms with Crippen molar-refractivity contribution in [1.29, 1.82) is 0 Å².